The Kier molecular flexibility index (Phi) is 6.03. The van der Waals surface area contributed by atoms with Crippen LogP contribution in [0.1, 0.15) is 22.8 Å². The van der Waals surface area contributed by atoms with Gasteiger partial charge in [-0.15, -0.1) is 0 Å². The van der Waals surface area contributed by atoms with Crippen molar-refractivity contribution in [2.24, 2.45) is 0 Å². The first kappa shape index (κ1) is 18.4. The van der Waals surface area contributed by atoms with Crippen LogP contribution >= 0.6 is 11.6 Å². The molecule has 2 aromatic carbocycles. The molecule has 0 saturated heterocycles. The molecule has 2 aromatic rings. The van der Waals surface area contributed by atoms with Crippen molar-refractivity contribution in [1.82, 2.24) is 0 Å². The minimum absolute atomic E-state index is 0.0312. The molecule has 0 radical (unpaired) electrons. The third-order valence-electron chi connectivity index (χ3n) is 3.18. The van der Waals surface area contributed by atoms with E-state index in [0.717, 1.165) is 0 Å². The van der Waals surface area contributed by atoms with Crippen molar-refractivity contribution in [3.05, 3.63) is 64.7 Å². The predicted octanol–water partition coefficient (Wildman–Crippen LogP) is 2.64. The molecule has 0 fully saturated rings. The van der Waals surface area contributed by atoms with Gasteiger partial charge in [-0.1, -0.05) is 41.9 Å². The molecule has 0 bridgehead atoms. The van der Waals surface area contributed by atoms with E-state index in [2.05, 4.69) is 10.1 Å². The number of esters is 1. The normalized spacial score (nSPS) is 10.0. The van der Waals surface area contributed by atoms with E-state index in [1.165, 1.54) is 25.1 Å². The smallest absolute Gasteiger partial charge is 0.384 e. The Morgan fingerprint density at radius 3 is 2.36 bits per heavy atom. The average molecular weight is 360 g/mol. The molecule has 0 aliphatic heterocycles. The molecule has 128 valence electrons. The van der Waals surface area contributed by atoms with Gasteiger partial charge in [0.25, 0.3) is 0 Å². The second kappa shape index (κ2) is 8.21. The quantitative estimate of drug-likeness (QED) is 0.370. The number of carbonyl (C=O) groups excluding carboxylic acids is 4. The summed E-state index contributed by atoms with van der Waals surface area (Å²) in [5, 5.41) is 2.54. The Morgan fingerprint density at radius 2 is 1.72 bits per heavy atom. The van der Waals surface area contributed by atoms with E-state index in [-0.39, 0.29) is 28.7 Å². The van der Waals surface area contributed by atoms with E-state index < -0.39 is 17.7 Å². The molecule has 6 nitrogen and oxygen atoms in total. The number of benzene rings is 2. The lowest BCUT2D eigenvalue weighted by Gasteiger charge is -2.10. The van der Waals surface area contributed by atoms with Crippen LogP contribution in [0.5, 0.6) is 0 Å². The number of nitrogens with one attached hydrogen (secondary N) is 1. The molecule has 0 aliphatic rings. The Balaban J connectivity index is 2.30. The summed E-state index contributed by atoms with van der Waals surface area (Å²) in [5.41, 5.74) is 0.557. The topological polar surface area (TPSA) is 89.5 Å². The molecular weight excluding hydrogens is 346 g/mol. The molecule has 7 heteroatoms. The van der Waals surface area contributed by atoms with Crippen LogP contribution < -0.4 is 5.32 Å². The molecule has 1 amide bonds. The van der Waals surface area contributed by atoms with Gasteiger partial charge < -0.3 is 10.1 Å². The number of Topliss-reactive ketones (excluding diaryl/α,β-unsaturated/α-hetero) is 1. The second-order valence-corrected chi connectivity index (χ2v) is 5.33. The third kappa shape index (κ3) is 4.51. The lowest BCUT2D eigenvalue weighted by Crippen LogP contribution is -2.31. The zero-order valence-electron chi connectivity index (χ0n) is 13.2. The summed E-state index contributed by atoms with van der Waals surface area (Å²) in [6.07, 6.45) is 0. The molecule has 25 heavy (non-hydrogen) atoms. The fourth-order valence-corrected chi connectivity index (χ4v) is 2.20. The molecule has 0 saturated carbocycles. The first-order valence-corrected chi connectivity index (χ1v) is 7.73. The Morgan fingerprint density at radius 1 is 1.04 bits per heavy atom. The van der Waals surface area contributed by atoms with Gasteiger partial charge in [-0.2, -0.15) is 0 Å². The molecular formula is C18H14ClNO5. The number of rotatable bonds is 6. The van der Waals surface area contributed by atoms with Gasteiger partial charge >= 0.3 is 17.7 Å². The molecule has 0 aromatic heterocycles. The molecule has 0 unspecified atom stereocenters. The van der Waals surface area contributed by atoms with Crippen molar-refractivity contribution < 1.29 is 23.9 Å². The molecule has 0 aliphatic carbocycles. The maximum absolute atomic E-state index is 12.6. The van der Waals surface area contributed by atoms with Gasteiger partial charge in [0.1, 0.15) is 0 Å². The van der Waals surface area contributed by atoms with Crippen LogP contribution in [0.3, 0.4) is 0 Å². The molecule has 1 N–H and O–H groups in total. The zero-order chi connectivity index (χ0) is 18.4. The van der Waals surface area contributed by atoms with Gasteiger partial charge in [0.15, 0.2) is 5.78 Å². The van der Waals surface area contributed by atoms with Gasteiger partial charge in [-0.3, -0.25) is 14.4 Å². The van der Waals surface area contributed by atoms with E-state index in [0.29, 0.717) is 5.56 Å². The highest BCUT2D eigenvalue weighted by molar-refractivity contribution is 6.63. The summed E-state index contributed by atoms with van der Waals surface area (Å²) in [6.45, 7) is 1.48. The summed E-state index contributed by atoms with van der Waals surface area (Å²) in [7, 11) is 0. The minimum atomic E-state index is -1.35. The van der Waals surface area contributed by atoms with Crippen LogP contribution in [0.25, 0.3) is 0 Å². The molecule has 0 atom stereocenters. The molecule has 0 spiro atoms. The lowest BCUT2D eigenvalue weighted by molar-refractivity contribution is -0.155. The maximum Gasteiger partial charge on any atom is 0.384 e. The van der Waals surface area contributed by atoms with Crippen molar-refractivity contribution in [1.29, 1.82) is 0 Å². The summed E-state index contributed by atoms with van der Waals surface area (Å²) < 4.78 is 4.49. The minimum Gasteiger partial charge on any atom is -0.460 e. The lowest BCUT2D eigenvalue weighted by atomic mass is 10.0. The predicted molar refractivity (Wildman–Crippen MR) is 91.6 cm³/mol. The summed E-state index contributed by atoms with van der Waals surface area (Å²) in [4.78, 5) is 47.5. The van der Waals surface area contributed by atoms with Gasteiger partial charge in [-0.25, -0.2) is 4.79 Å². The van der Waals surface area contributed by atoms with Crippen LogP contribution in [-0.4, -0.2) is 30.0 Å². The first-order chi connectivity index (χ1) is 11.9. The van der Waals surface area contributed by atoms with Gasteiger partial charge in [0.05, 0.1) is 12.3 Å². The highest BCUT2D eigenvalue weighted by Crippen LogP contribution is 2.23. The summed E-state index contributed by atoms with van der Waals surface area (Å²) in [5.74, 6) is -4.19. The third-order valence-corrected chi connectivity index (χ3v) is 3.41. The van der Waals surface area contributed by atoms with Crippen molar-refractivity contribution in [2.75, 3.05) is 11.9 Å². The van der Waals surface area contributed by atoms with Crippen molar-refractivity contribution in [2.45, 2.75) is 6.92 Å². The number of ether oxygens (including phenoxy) is 1. The fraction of sp³-hybridized carbons (Fsp3) is 0.111. The van der Waals surface area contributed by atoms with Gasteiger partial charge in [-0.05, 0) is 25.1 Å². The zero-order valence-corrected chi connectivity index (χ0v) is 14.0. The Hall–Kier alpha value is -2.99. The van der Waals surface area contributed by atoms with Gasteiger partial charge in [0.2, 0.25) is 0 Å². The van der Waals surface area contributed by atoms with E-state index in [1.54, 1.807) is 30.3 Å². The number of halogens is 1. The number of carbonyl (C=O) groups is 4. The number of hydrogen-bond donors (Lipinski definition) is 1. The standard InChI is InChI=1S/C18H14ClNO5/c1-2-25-18(24)16(22)17(23)20-14-9-8-12(19)10-13(14)15(21)11-6-4-3-5-7-11/h3-10H,2H2,1H3,(H,20,23). The van der Waals surface area contributed by atoms with Crippen LogP contribution in [0.15, 0.2) is 48.5 Å². The van der Waals surface area contributed by atoms with E-state index >= 15 is 0 Å². The van der Waals surface area contributed by atoms with Crippen LogP contribution in [0, 0.1) is 0 Å². The summed E-state index contributed by atoms with van der Waals surface area (Å²) >= 11 is 5.93. The van der Waals surface area contributed by atoms with E-state index in [9.17, 15) is 19.2 Å². The van der Waals surface area contributed by atoms with Crippen molar-refractivity contribution >= 4 is 40.7 Å². The first-order valence-electron chi connectivity index (χ1n) is 7.35. The number of amides is 1. The monoisotopic (exact) mass is 359 g/mol. The summed E-state index contributed by atoms with van der Waals surface area (Å²) in [6, 6.07) is 12.6. The fourth-order valence-electron chi connectivity index (χ4n) is 2.03. The Labute approximate surface area is 148 Å². The largest absolute Gasteiger partial charge is 0.460 e. The Bertz CT molecular complexity index is 833. The number of hydrogen-bond acceptors (Lipinski definition) is 5. The van der Waals surface area contributed by atoms with E-state index in [1.807, 2.05) is 0 Å². The van der Waals surface area contributed by atoms with Gasteiger partial charge in [0, 0.05) is 16.1 Å². The van der Waals surface area contributed by atoms with Crippen LogP contribution in [0.4, 0.5) is 5.69 Å². The highest BCUT2D eigenvalue weighted by Gasteiger charge is 2.25. The number of ketones is 2. The average Bonchev–Trinajstić information content (AvgIpc) is 2.62. The number of anilines is 1. The van der Waals surface area contributed by atoms with Crippen LogP contribution in [-0.2, 0) is 19.1 Å². The van der Waals surface area contributed by atoms with E-state index in [4.69, 9.17) is 11.6 Å². The van der Waals surface area contributed by atoms with Crippen LogP contribution in [0.2, 0.25) is 5.02 Å². The SMILES string of the molecule is CCOC(=O)C(=O)C(=O)Nc1ccc(Cl)cc1C(=O)c1ccccc1. The highest BCUT2D eigenvalue weighted by atomic mass is 35.5. The van der Waals surface area contributed by atoms with Crippen molar-refractivity contribution in [3.63, 3.8) is 0 Å². The molecule has 0 heterocycles. The maximum atomic E-state index is 12.6. The molecule has 2 rings (SSSR count). The van der Waals surface area contributed by atoms with Crippen molar-refractivity contribution in [3.8, 4) is 0 Å². The second-order valence-electron chi connectivity index (χ2n) is 4.89.